The van der Waals surface area contributed by atoms with Crippen molar-refractivity contribution in [1.82, 2.24) is 29.6 Å². The Hall–Kier alpha value is -4.05. The predicted molar refractivity (Wildman–Crippen MR) is 143 cm³/mol. The Kier molecular flexibility index (Phi) is 5.75. The van der Waals surface area contributed by atoms with Gasteiger partial charge < -0.3 is 15.5 Å². The molecule has 0 saturated carbocycles. The summed E-state index contributed by atoms with van der Waals surface area (Å²) < 4.78 is 18.3. The second-order valence-electron chi connectivity index (χ2n) is 9.70. The van der Waals surface area contributed by atoms with Gasteiger partial charge in [0.15, 0.2) is 17.1 Å². The molecular formula is C27H29FN8O. The SMILES string of the molecule is C=CCn1c(=O)c2cnc(Nc3ccc(N4CCNCC4)cc3)nc2n1-c1ccc2c(n1)C(C)(F)CC2. The normalized spacial score (nSPS) is 19.2. The molecule has 1 atom stereocenters. The monoisotopic (exact) mass is 500 g/mol. The summed E-state index contributed by atoms with van der Waals surface area (Å²) in [6.07, 6.45) is 4.19. The zero-order valence-corrected chi connectivity index (χ0v) is 20.7. The average Bonchev–Trinajstić information content (AvgIpc) is 3.37. The summed E-state index contributed by atoms with van der Waals surface area (Å²) in [6.45, 7) is 9.50. The second kappa shape index (κ2) is 9.11. The van der Waals surface area contributed by atoms with Crippen LogP contribution in [-0.2, 0) is 18.6 Å². The van der Waals surface area contributed by atoms with Gasteiger partial charge >= 0.3 is 0 Å². The van der Waals surface area contributed by atoms with Crippen molar-refractivity contribution < 1.29 is 4.39 Å². The molecule has 1 aliphatic carbocycles. The lowest BCUT2D eigenvalue weighted by molar-refractivity contribution is 0.188. The number of aryl methyl sites for hydroxylation is 1. The maximum Gasteiger partial charge on any atom is 0.278 e. The summed E-state index contributed by atoms with van der Waals surface area (Å²) in [7, 11) is 0. The standard InChI is InChI=1S/C27H29FN8O/c1-3-14-35-25(37)21-17-30-26(31-19-5-7-20(8-6-19)34-15-12-29-13-16-34)33-24(21)36(35)22-9-4-18-10-11-27(2,28)23(18)32-22/h3-9,17,29H,1,10-16H2,2H3,(H,30,31,33). The first-order chi connectivity index (χ1) is 17.9. The van der Waals surface area contributed by atoms with Crippen molar-refractivity contribution in [1.29, 1.82) is 0 Å². The first kappa shape index (κ1) is 23.4. The zero-order chi connectivity index (χ0) is 25.6. The molecule has 1 fully saturated rings. The van der Waals surface area contributed by atoms with Crippen molar-refractivity contribution in [3.63, 3.8) is 0 Å². The number of rotatable bonds is 6. The fraction of sp³-hybridized carbons (Fsp3) is 0.333. The van der Waals surface area contributed by atoms with Crippen LogP contribution in [0.15, 0.2) is 60.0 Å². The lowest BCUT2D eigenvalue weighted by atomic mass is 10.1. The fourth-order valence-electron chi connectivity index (χ4n) is 5.15. The lowest BCUT2D eigenvalue weighted by Crippen LogP contribution is -2.43. The van der Waals surface area contributed by atoms with Gasteiger partial charge in [0, 0.05) is 43.8 Å². The molecule has 4 heterocycles. The number of alkyl halides is 1. The summed E-state index contributed by atoms with van der Waals surface area (Å²) in [5.41, 5.74) is 1.95. The van der Waals surface area contributed by atoms with Crippen molar-refractivity contribution >= 4 is 28.4 Å². The molecule has 2 aliphatic rings. The first-order valence-corrected chi connectivity index (χ1v) is 12.6. The number of pyridine rings is 1. The highest BCUT2D eigenvalue weighted by Crippen LogP contribution is 2.39. The number of nitrogens with one attached hydrogen (secondary N) is 2. The van der Waals surface area contributed by atoms with E-state index in [-0.39, 0.29) is 12.1 Å². The molecule has 0 amide bonds. The number of piperazine rings is 1. The number of aromatic nitrogens is 5. The molecule has 9 nitrogen and oxygen atoms in total. The van der Waals surface area contributed by atoms with Crippen LogP contribution in [0.3, 0.4) is 0 Å². The molecule has 0 bridgehead atoms. The second-order valence-corrected chi connectivity index (χ2v) is 9.70. The van der Waals surface area contributed by atoms with Crippen LogP contribution >= 0.6 is 0 Å². The Labute approximate surface area is 213 Å². The van der Waals surface area contributed by atoms with Gasteiger partial charge in [-0.1, -0.05) is 12.1 Å². The third-order valence-corrected chi connectivity index (χ3v) is 7.12. The molecule has 0 radical (unpaired) electrons. The van der Waals surface area contributed by atoms with Gasteiger partial charge in [-0.25, -0.2) is 23.7 Å². The van der Waals surface area contributed by atoms with Crippen molar-refractivity contribution in [2.24, 2.45) is 0 Å². The highest BCUT2D eigenvalue weighted by molar-refractivity contribution is 5.77. The van der Waals surface area contributed by atoms with Gasteiger partial charge in [0.1, 0.15) is 5.39 Å². The molecule has 3 aromatic heterocycles. The van der Waals surface area contributed by atoms with Gasteiger partial charge in [-0.05, 0) is 55.7 Å². The highest BCUT2D eigenvalue weighted by Gasteiger charge is 2.36. The molecule has 1 unspecified atom stereocenters. The van der Waals surface area contributed by atoms with Crippen LogP contribution < -0.4 is 21.1 Å². The number of hydrogen-bond donors (Lipinski definition) is 2. The van der Waals surface area contributed by atoms with E-state index in [0.717, 1.165) is 37.4 Å². The summed E-state index contributed by atoms with van der Waals surface area (Å²) in [4.78, 5) is 29.3. The number of fused-ring (bicyclic) bond motifs is 2. The fourth-order valence-corrected chi connectivity index (χ4v) is 5.15. The summed E-state index contributed by atoms with van der Waals surface area (Å²) in [6, 6.07) is 11.8. The molecule has 6 rings (SSSR count). The Balaban J connectivity index is 1.38. The van der Waals surface area contributed by atoms with Crippen LogP contribution in [0.5, 0.6) is 0 Å². The van der Waals surface area contributed by atoms with E-state index in [0.29, 0.717) is 41.3 Å². The van der Waals surface area contributed by atoms with E-state index in [9.17, 15) is 4.79 Å². The number of allylic oxidation sites excluding steroid dienone is 1. The number of hydrogen-bond acceptors (Lipinski definition) is 7. The first-order valence-electron chi connectivity index (χ1n) is 12.6. The number of benzene rings is 1. The Morgan fingerprint density at radius 3 is 2.70 bits per heavy atom. The minimum absolute atomic E-state index is 0.247. The minimum atomic E-state index is -1.50. The van der Waals surface area contributed by atoms with Gasteiger partial charge in [-0.2, -0.15) is 4.98 Å². The molecule has 37 heavy (non-hydrogen) atoms. The van der Waals surface area contributed by atoms with E-state index < -0.39 is 5.67 Å². The maximum absolute atomic E-state index is 15.1. The molecule has 2 N–H and O–H groups in total. The predicted octanol–water partition coefficient (Wildman–Crippen LogP) is 3.45. The largest absolute Gasteiger partial charge is 0.369 e. The Morgan fingerprint density at radius 2 is 1.95 bits per heavy atom. The number of nitrogens with zero attached hydrogens (tertiary/aromatic N) is 6. The van der Waals surface area contributed by atoms with Crippen LogP contribution in [0.4, 0.5) is 21.7 Å². The number of anilines is 3. The van der Waals surface area contributed by atoms with E-state index in [4.69, 9.17) is 0 Å². The highest BCUT2D eigenvalue weighted by atomic mass is 19.1. The molecule has 10 heteroatoms. The van der Waals surface area contributed by atoms with Crippen molar-refractivity contribution in [3.05, 3.63) is 76.9 Å². The van der Waals surface area contributed by atoms with Crippen molar-refractivity contribution in [3.8, 4) is 5.82 Å². The quantitative estimate of drug-likeness (QED) is 0.392. The van der Waals surface area contributed by atoms with Crippen LogP contribution in [-0.4, -0.2) is 50.5 Å². The summed E-state index contributed by atoms with van der Waals surface area (Å²) in [5.74, 6) is 0.784. The van der Waals surface area contributed by atoms with Gasteiger partial charge in [0.2, 0.25) is 5.95 Å². The zero-order valence-electron chi connectivity index (χ0n) is 20.7. The third kappa shape index (κ3) is 4.17. The summed E-state index contributed by atoms with van der Waals surface area (Å²) >= 11 is 0. The maximum atomic E-state index is 15.1. The third-order valence-electron chi connectivity index (χ3n) is 7.12. The van der Waals surface area contributed by atoms with Crippen LogP contribution in [0, 0.1) is 0 Å². The molecule has 1 aromatic carbocycles. The number of halogens is 1. The Bertz CT molecular complexity index is 1530. The van der Waals surface area contributed by atoms with E-state index in [1.54, 1.807) is 17.7 Å². The van der Waals surface area contributed by atoms with E-state index in [1.807, 2.05) is 24.3 Å². The molecule has 1 saturated heterocycles. The Morgan fingerprint density at radius 1 is 1.16 bits per heavy atom. The van der Waals surface area contributed by atoms with E-state index >= 15 is 4.39 Å². The van der Waals surface area contributed by atoms with Crippen molar-refractivity contribution in [2.75, 3.05) is 36.4 Å². The van der Waals surface area contributed by atoms with Gasteiger partial charge in [-0.15, -0.1) is 6.58 Å². The smallest absolute Gasteiger partial charge is 0.278 e. The van der Waals surface area contributed by atoms with Crippen LogP contribution in [0.2, 0.25) is 0 Å². The van der Waals surface area contributed by atoms with Gasteiger partial charge in [-0.3, -0.25) is 4.79 Å². The van der Waals surface area contributed by atoms with Gasteiger partial charge in [0.05, 0.1) is 12.2 Å². The molecule has 0 spiro atoms. The van der Waals surface area contributed by atoms with Crippen LogP contribution in [0.25, 0.3) is 16.9 Å². The molecule has 4 aromatic rings. The van der Waals surface area contributed by atoms with E-state index in [1.165, 1.54) is 16.6 Å². The molecule has 190 valence electrons. The lowest BCUT2D eigenvalue weighted by Gasteiger charge is -2.29. The summed E-state index contributed by atoms with van der Waals surface area (Å²) in [5, 5.41) is 6.96. The van der Waals surface area contributed by atoms with Crippen LogP contribution in [0.1, 0.15) is 24.6 Å². The topological polar surface area (TPSA) is 92.9 Å². The van der Waals surface area contributed by atoms with Gasteiger partial charge in [0.25, 0.3) is 5.56 Å². The minimum Gasteiger partial charge on any atom is -0.369 e. The van der Waals surface area contributed by atoms with E-state index in [2.05, 4.69) is 49.2 Å². The molecule has 1 aliphatic heterocycles. The molecular weight excluding hydrogens is 471 g/mol. The average molecular weight is 501 g/mol. The van der Waals surface area contributed by atoms with Crippen molar-refractivity contribution in [2.45, 2.75) is 32.0 Å².